The number of hydrazine groups is 1. The van der Waals surface area contributed by atoms with Gasteiger partial charge >= 0.3 is 0 Å². The van der Waals surface area contributed by atoms with Crippen molar-refractivity contribution in [3.05, 3.63) is 59.7 Å². The molecule has 0 aliphatic carbocycles. The fourth-order valence-electron chi connectivity index (χ4n) is 2.15. The van der Waals surface area contributed by atoms with E-state index in [4.69, 9.17) is 12.2 Å². The number of anilines is 1. The quantitative estimate of drug-likeness (QED) is 0.549. The second-order valence-corrected chi connectivity index (χ2v) is 8.53. The minimum atomic E-state index is -3.29. The van der Waals surface area contributed by atoms with E-state index in [2.05, 4.69) is 30.0 Å². The van der Waals surface area contributed by atoms with Crippen LogP contribution in [0.25, 0.3) is 0 Å². The van der Waals surface area contributed by atoms with Gasteiger partial charge in [0.2, 0.25) is 0 Å². The summed E-state index contributed by atoms with van der Waals surface area (Å²) in [5.41, 5.74) is 7.42. The van der Waals surface area contributed by atoms with Gasteiger partial charge in [-0.05, 0) is 60.1 Å². The number of benzene rings is 2. The first kappa shape index (κ1) is 19.9. The van der Waals surface area contributed by atoms with Gasteiger partial charge in [0.15, 0.2) is 14.9 Å². The van der Waals surface area contributed by atoms with Gasteiger partial charge < -0.3 is 5.32 Å². The summed E-state index contributed by atoms with van der Waals surface area (Å²) >= 11 is 5.14. The Labute approximate surface area is 158 Å². The predicted molar refractivity (Wildman–Crippen MR) is 107 cm³/mol. The minimum absolute atomic E-state index is 0.157. The number of hydrogen-bond donors (Lipinski definition) is 3. The van der Waals surface area contributed by atoms with Gasteiger partial charge in [-0.3, -0.25) is 15.6 Å². The van der Waals surface area contributed by atoms with E-state index in [0.29, 0.717) is 11.5 Å². The van der Waals surface area contributed by atoms with Gasteiger partial charge in [0, 0.05) is 17.5 Å². The van der Waals surface area contributed by atoms with Crippen LogP contribution < -0.4 is 16.2 Å². The molecule has 0 atom stereocenters. The molecule has 0 aromatic heterocycles. The highest BCUT2D eigenvalue weighted by molar-refractivity contribution is 7.90. The Kier molecular flexibility index (Phi) is 6.33. The lowest BCUT2D eigenvalue weighted by Crippen LogP contribution is -2.43. The Morgan fingerprint density at radius 3 is 2.04 bits per heavy atom. The fraction of sp³-hybridized carbons (Fsp3) is 0.222. The number of thiocarbonyl (C=S) groups is 1. The standard InChI is InChI=1S/C18H21N3O3S2/c1-12(2)13-4-8-15(9-5-13)19-18(25)21-20-17(22)14-6-10-16(11-7-14)26(3,23)24/h4-12H,1-3H3,(H,20,22)(H2,19,21,25). The molecule has 0 radical (unpaired) electrons. The Morgan fingerprint density at radius 2 is 1.54 bits per heavy atom. The number of amides is 1. The van der Waals surface area contributed by atoms with Crippen LogP contribution in [0, 0.1) is 0 Å². The van der Waals surface area contributed by atoms with Crippen LogP contribution in [0.2, 0.25) is 0 Å². The zero-order valence-corrected chi connectivity index (χ0v) is 16.4. The topological polar surface area (TPSA) is 87.3 Å². The highest BCUT2D eigenvalue weighted by Gasteiger charge is 2.10. The van der Waals surface area contributed by atoms with E-state index in [1.165, 1.54) is 29.8 Å². The molecule has 0 fully saturated rings. The van der Waals surface area contributed by atoms with Crippen molar-refractivity contribution in [3.63, 3.8) is 0 Å². The second kappa shape index (κ2) is 8.29. The van der Waals surface area contributed by atoms with Gasteiger partial charge in [-0.1, -0.05) is 26.0 Å². The monoisotopic (exact) mass is 391 g/mol. The summed E-state index contributed by atoms with van der Waals surface area (Å²) in [4.78, 5) is 12.2. The number of carbonyl (C=O) groups excluding carboxylic acids is 1. The molecule has 0 spiro atoms. The van der Waals surface area contributed by atoms with E-state index in [9.17, 15) is 13.2 Å². The van der Waals surface area contributed by atoms with Crippen molar-refractivity contribution in [2.75, 3.05) is 11.6 Å². The third-order valence-electron chi connectivity index (χ3n) is 3.67. The van der Waals surface area contributed by atoms with Crippen LogP contribution >= 0.6 is 12.2 Å². The summed E-state index contributed by atoms with van der Waals surface area (Å²) < 4.78 is 22.8. The molecule has 3 N–H and O–H groups in total. The van der Waals surface area contributed by atoms with Crippen molar-refractivity contribution >= 4 is 38.8 Å². The van der Waals surface area contributed by atoms with Gasteiger partial charge in [-0.2, -0.15) is 0 Å². The van der Waals surface area contributed by atoms with E-state index in [-0.39, 0.29) is 10.0 Å². The predicted octanol–water partition coefficient (Wildman–Crippen LogP) is 2.84. The Balaban J connectivity index is 1.89. The first-order valence-corrected chi connectivity index (χ1v) is 10.2. The molecule has 0 heterocycles. The molecule has 0 aliphatic rings. The number of nitrogens with one attached hydrogen (secondary N) is 3. The van der Waals surface area contributed by atoms with E-state index in [0.717, 1.165) is 11.9 Å². The molecule has 0 saturated carbocycles. The van der Waals surface area contributed by atoms with E-state index >= 15 is 0 Å². The molecule has 0 saturated heterocycles. The molecular formula is C18H21N3O3S2. The first-order valence-electron chi connectivity index (χ1n) is 7.94. The molecular weight excluding hydrogens is 370 g/mol. The van der Waals surface area contributed by atoms with Crippen molar-refractivity contribution in [2.24, 2.45) is 0 Å². The summed E-state index contributed by atoms with van der Waals surface area (Å²) in [7, 11) is -3.29. The third kappa shape index (κ3) is 5.53. The maximum Gasteiger partial charge on any atom is 0.269 e. The second-order valence-electron chi connectivity index (χ2n) is 6.11. The molecule has 2 aromatic carbocycles. The average molecular weight is 392 g/mol. The lowest BCUT2D eigenvalue weighted by atomic mass is 10.0. The zero-order chi connectivity index (χ0) is 19.3. The summed E-state index contributed by atoms with van der Waals surface area (Å²) in [5, 5.41) is 3.21. The minimum Gasteiger partial charge on any atom is -0.331 e. The van der Waals surface area contributed by atoms with E-state index < -0.39 is 15.7 Å². The average Bonchev–Trinajstić information content (AvgIpc) is 2.59. The molecule has 0 unspecified atom stereocenters. The van der Waals surface area contributed by atoms with Crippen molar-refractivity contribution in [2.45, 2.75) is 24.7 Å². The van der Waals surface area contributed by atoms with E-state index in [1.807, 2.05) is 24.3 Å². The molecule has 0 bridgehead atoms. The summed E-state index contributed by atoms with van der Waals surface area (Å²) in [6.45, 7) is 4.24. The summed E-state index contributed by atoms with van der Waals surface area (Å²) in [6.07, 6.45) is 1.11. The number of hydrogen-bond acceptors (Lipinski definition) is 4. The first-order chi connectivity index (χ1) is 12.2. The van der Waals surface area contributed by atoms with Gasteiger partial charge in [0.05, 0.1) is 4.90 Å². The number of rotatable bonds is 4. The van der Waals surface area contributed by atoms with Gasteiger partial charge in [-0.25, -0.2) is 8.42 Å². The maximum absolute atomic E-state index is 12.1. The van der Waals surface area contributed by atoms with Crippen molar-refractivity contribution < 1.29 is 13.2 Å². The smallest absolute Gasteiger partial charge is 0.269 e. The molecule has 0 aliphatic heterocycles. The Hall–Kier alpha value is -2.45. The summed E-state index contributed by atoms with van der Waals surface area (Å²) in [5.74, 6) is 0.0202. The molecule has 6 nitrogen and oxygen atoms in total. The Morgan fingerprint density at radius 1 is 0.962 bits per heavy atom. The number of carbonyl (C=O) groups is 1. The Bertz CT molecular complexity index is 890. The van der Waals surface area contributed by atoms with Crippen LogP contribution in [0.15, 0.2) is 53.4 Å². The van der Waals surface area contributed by atoms with Crippen molar-refractivity contribution in [1.29, 1.82) is 0 Å². The van der Waals surface area contributed by atoms with Crippen molar-refractivity contribution in [3.8, 4) is 0 Å². The van der Waals surface area contributed by atoms with Gasteiger partial charge in [0.1, 0.15) is 0 Å². The highest BCUT2D eigenvalue weighted by Crippen LogP contribution is 2.17. The SMILES string of the molecule is CC(C)c1ccc(NC(=S)NNC(=O)c2ccc(S(C)(=O)=O)cc2)cc1. The number of sulfone groups is 1. The fourth-order valence-corrected chi connectivity index (χ4v) is 2.95. The van der Waals surface area contributed by atoms with Crippen LogP contribution in [-0.2, 0) is 9.84 Å². The maximum atomic E-state index is 12.1. The summed E-state index contributed by atoms with van der Waals surface area (Å²) in [6, 6.07) is 13.5. The highest BCUT2D eigenvalue weighted by atomic mass is 32.2. The molecule has 2 aromatic rings. The third-order valence-corrected chi connectivity index (χ3v) is 5.00. The van der Waals surface area contributed by atoms with Gasteiger partial charge in [-0.15, -0.1) is 0 Å². The van der Waals surface area contributed by atoms with Gasteiger partial charge in [0.25, 0.3) is 5.91 Å². The van der Waals surface area contributed by atoms with E-state index in [1.54, 1.807) is 0 Å². The lowest BCUT2D eigenvalue weighted by Gasteiger charge is -2.13. The zero-order valence-electron chi connectivity index (χ0n) is 14.7. The normalized spacial score (nSPS) is 11.1. The van der Waals surface area contributed by atoms with Crippen LogP contribution in [0.3, 0.4) is 0 Å². The molecule has 138 valence electrons. The lowest BCUT2D eigenvalue weighted by molar-refractivity contribution is 0.0944. The van der Waals surface area contributed by atoms with Crippen LogP contribution in [0.1, 0.15) is 35.7 Å². The van der Waals surface area contributed by atoms with Crippen LogP contribution in [-0.4, -0.2) is 25.7 Å². The molecule has 2 rings (SSSR count). The largest absolute Gasteiger partial charge is 0.331 e. The molecule has 8 heteroatoms. The molecule has 1 amide bonds. The van der Waals surface area contributed by atoms with Crippen molar-refractivity contribution in [1.82, 2.24) is 10.9 Å². The van der Waals surface area contributed by atoms with Crippen LogP contribution in [0.5, 0.6) is 0 Å². The van der Waals surface area contributed by atoms with Crippen LogP contribution in [0.4, 0.5) is 5.69 Å². The molecule has 26 heavy (non-hydrogen) atoms.